The van der Waals surface area contributed by atoms with Crippen LogP contribution in [-0.2, 0) is 4.79 Å². The van der Waals surface area contributed by atoms with E-state index in [0.717, 1.165) is 0 Å². The van der Waals surface area contributed by atoms with Crippen LogP contribution in [0.25, 0.3) is 0 Å². The Labute approximate surface area is 94.0 Å². The predicted octanol–water partition coefficient (Wildman–Crippen LogP) is 0.811. The number of para-hydroxylation sites is 1. The molecule has 2 N–H and O–H groups in total. The SMILES string of the molecule is CC(CN)CN1C(=O)C(=O)c2ccccc21. The third kappa shape index (κ3) is 1.61. The number of ketones is 1. The number of benzene rings is 1. The quantitative estimate of drug-likeness (QED) is 0.764. The summed E-state index contributed by atoms with van der Waals surface area (Å²) in [7, 11) is 0. The number of hydrogen-bond acceptors (Lipinski definition) is 3. The van der Waals surface area contributed by atoms with E-state index in [0.29, 0.717) is 24.3 Å². The Hall–Kier alpha value is -1.68. The number of amides is 1. The highest BCUT2D eigenvalue weighted by Crippen LogP contribution is 2.28. The smallest absolute Gasteiger partial charge is 0.299 e. The van der Waals surface area contributed by atoms with Crippen molar-refractivity contribution < 1.29 is 9.59 Å². The van der Waals surface area contributed by atoms with Gasteiger partial charge in [0, 0.05) is 6.54 Å². The maximum atomic E-state index is 11.7. The number of fused-ring (bicyclic) bond motifs is 1. The van der Waals surface area contributed by atoms with Crippen LogP contribution in [0.4, 0.5) is 5.69 Å². The van der Waals surface area contributed by atoms with Crippen molar-refractivity contribution in [3.8, 4) is 0 Å². The second kappa shape index (κ2) is 4.06. The van der Waals surface area contributed by atoms with Crippen molar-refractivity contribution in [2.45, 2.75) is 6.92 Å². The van der Waals surface area contributed by atoms with E-state index in [2.05, 4.69) is 0 Å². The largest absolute Gasteiger partial charge is 0.330 e. The van der Waals surface area contributed by atoms with Crippen LogP contribution in [0.1, 0.15) is 17.3 Å². The lowest BCUT2D eigenvalue weighted by Crippen LogP contribution is -2.35. The van der Waals surface area contributed by atoms with E-state index in [4.69, 9.17) is 5.73 Å². The molecule has 1 aliphatic heterocycles. The van der Waals surface area contributed by atoms with E-state index in [1.807, 2.05) is 13.0 Å². The topological polar surface area (TPSA) is 63.4 Å². The molecule has 4 heteroatoms. The molecule has 0 saturated heterocycles. The zero-order valence-corrected chi connectivity index (χ0v) is 9.14. The molecule has 1 aliphatic rings. The standard InChI is InChI=1S/C12H14N2O2/c1-8(6-13)7-14-10-5-3-2-4-9(10)11(15)12(14)16/h2-5,8H,6-7,13H2,1H3. The number of rotatable bonds is 3. The van der Waals surface area contributed by atoms with E-state index in [9.17, 15) is 9.59 Å². The molecule has 0 aromatic heterocycles. The summed E-state index contributed by atoms with van der Waals surface area (Å²) in [5.41, 5.74) is 6.73. The van der Waals surface area contributed by atoms with Gasteiger partial charge in [-0.3, -0.25) is 9.59 Å². The molecule has 0 fully saturated rings. The molecule has 0 radical (unpaired) electrons. The summed E-state index contributed by atoms with van der Waals surface area (Å²) in [6.45, 7) is 2.96. The van der Waals surface area contributed by atoms with Crippen molar-refractivity contribution >= 4 is 17.4 Å². The lowest BCUT2D eigenvalue weighted by molar-refractivity contribution is -0.114. The lowest BCUT2D eigenvalue weighted by atomic mass is 10.1. The van der Waals surface area contributed by atoms with Gasteiger partial charge in [0.2, 0.25) is 0 Å². The van der Waals surface area contributed by atoms with E-state index >= 15 is 0 Å². The summed E-state index contributed by atoms with van der Waals surface area (Å²) in [6.07, 6.45) is 0. The van der Waals surface area contributed by atoms with Gasteiger partial charge in [-0.2, -0.15) is 0 Å². The lowest BCUT2D eigenvalue weighted by Gasteiger charge is -2.19. The molecular weight excluding hydrogens is 204 g/mol. The molecular formula is C12H14N2O2. The normalized spacial score (nSPS) is 16.5. The minimum Gasteiger partial charge on any atom is -0.330 e. The Kier molecular flexibility index (Phi) is 2.75. The first-order valence-corrected chi connectivity index (χ1v) is 5.30. The monoisotopic (exact) mass is 218 g/mol. The van der Waals surface area contributed by atoms with Crippen molar-refractivity contribution in [3.63, 3.8) is 0 Å². The van der Waals surface area contributed by atoms with Gasteiger partial charge in [-0.25, -0.2) is 0 Å². The van der Waals surface area contributed by atoms with Crippen LogP contribution >= 0.6 is 0 Å². The average Bonchev–Trinajstić information content (AvgIpc) is 2.55. The zero-order chi connectivity index (χ0) is 11.7. The van der Waals surface area contributed by atoms with Gasteiger partial charge in [0.25, 0.3) is 11.7 Å². The Morgan fingerprint density at radius 1 is 1.31 bits per heavy atom. The minimum absolute atomic E-state index is 0.183. The fourth-order valence-electron chi connectivity index (χ4n) is 1.82. The van der Waals surface area contributed by atoms with Gasteiger partial charge in [-0.1, -0.05) is 19.1 Å². The van der Waals surface area contributed by atoms with Crippen LogP contribution in [0.2, 0.25) is 0 Å². The van der Waals surface area contributed by atoms with Crippen molar-refractivity contribution in [1.29, 1.82) is 0 Å². The van der Waals surface area contributed by atoms with Crippen LogP contribution in [0.3, 0.4) is 0 Å². The number of carbonyl (C=O) groups is 2. The predicted molar refractivity (Wildman–Crippen MR) is 61.3 cm³/mol. The average molecular weight is 218 g/mol. The molecule has 1 heterocycles. The van der Waals surface area contributed by atoms with E-state index in [1.165, 1.54) is 4.90 Å². The van der Waals surface area contributed by atoms with Gasteiger partial charge in [0.1, 0.15) is 0 Å². The van der Waals surface area contributed by atoms with Crippen molar-refractivity contribution in [2.75, 3.05) is 18.0 Å². The van der Waals surface area contributed by atoms with Crippen LogP contribution in [0, 0.1) is 5.92 Å². The molecule has 1 amide bonds. The van der Waals surface area contributed by atoms with Gasteiger partial charge in [-0.15, -0.1) is 0 Å². The van der Waals surface area contributed by atoms with Crippen molar-refractivity contribution in [3.05, 3.63) is 29.8 Å². The van der Waals surface area contributed by atoms with Gasteiger partial charge in [0.05, 0.1) is 11.3 Å². The molecule has 0 spiro atoms. The summed E-state index contributed by atoms with van der Waals surface area (Å²) in [6, 6.07) is 7.06. The highest BCUT2D eigenvalue weighted by atomic mass is 16.2. The first-order chi connectivity index (χ1) is 7.65. The van der Waals surface area contributed by atoms with Crippen LogP contribution < -0.4 is 10.6 Å². The molecule has 0 saturated carbocycles. The first-order valence-electron chi connectivity index (χ1n) is 5.30. The molecule has 16 heavy (non-hydrogen) atoms. The van der Waals surface area contributed by atoms with Crippen LogP contribution in [0.15, 0.2) is 24.3 Å². The second-order valence-electron chi connectivity index (χ2n) is 4.10. The zero-order valence-electron chi connectivity index (χ0n) is 9.14. The highest BCUT2D eigenvalue weighted by molar-refractivity contribution is 6.52. The van der Waals surface area contributed by atoms with Gasteiger partial charge >= 0.3 is 0 Å². The highest BCUT2D eigenvalue weighted by Gasteiger charge is 2.35. The summed E-state index contributed by atoms with van der Waals surface area (Å²) < 4.78 is 0. The molecule has 1 aromatic rings. The number of anilines is 1. The van der Waals surface area contributed by atoms with Crippen LogP contribution in [0.5, 0.6) is 0 Å². The number of carbonyl (C=O) groups excluding carboxylic acids is 2. The van der Waals surface area contributed by atoms with Crippen molar-refractivity contribution in [1.82, 2.24) is 0 Å². The van der Waals surface area contributed by atoms with Gasteiger partial charge < -0.3 is 10.6 Å². The summed E-state index contributed by atoms with van der Waals surface area (Å²) >= 11 is 0. The fourth-order valence-corrected chi connectivity index (χ4v) is 1.82. The Morgan fingerprint density at radius 3 is 2.69 bits per heavy atom. The molecule has 1 aromatic carbocycles. The van der Waals surface area contributed by atoms with Gasteiger partial charge in [0.15, 0.2) is 0 Å². The Morgan fingerprint density at radius 2 is 2.00 bits per heavy atom. The maximum Gasteiger partial charge on any atom is 0.299 e. The van der Waals surface area contributed by atoms with E-state index in [-0.39, 0.29) is 5.92 Å². The maximum absolute atomic E-state index is 11.7. The fraction of sp³-hybridized carbons (Fsp3) is 0.333. The second-order valence-corrected chi connectivity index (χ2v) is 4.10. The number of nitrogens with two attached hydrogens (primary N) is 1. The van der Waals surface area contributed by atoms with Crippen LogP contribution in [-0.4, -0.2) is 24.8 Å². The molecule has 0 bridgehead atoms. The van der Waals surface area contributed by atoms with Crippen molar-refractivity contribution in [2.24, 2.45) is 11.7 Å². The Bertz CT molecular complexity index is 442. The first kappa shape index (κ1) is 10.8. The molecule has 4 nitrogen and oxygen atoms in total. The van der Waals surface area contributed by atoms with Gasteiger partial charge in [-0.05, 0) is 24.6 Å². The summed E-state index contributed by atoms with van der Waals surface area (Å²) in [4.78, 5) is 24.9. The number of hydrogen-bond donors (Lipinski definition) is 1. The molecule has 1 unspecified atom stereocenters. The summed E-state index contributed by atoms with van der Waals surface area (Å²) in [5, 5.41) is 0. The number of nitrogens with zero attached hydrogens (tertiary/aromatic N) is 1. The third-order valence-electron chi connectivity index (χ3n) is 2.78. The molecule has 1 atom stereocenters. The Balaban J connectivity index is 2.34. The van der Waals surface area contributed by atoms with E-state index < -0.39 is 11.7 Å². The summed E-state index contributed by atoms with van der Waals surface area (Å²) in [5.74, 6) is -0.677. The molecule has 0 aliphatic carbocycles. The van der Waals surface area contributed by atoms with E-state index in [1.54, 1.807) is 18.2 Å². The third-order valence-corrected chi connectivity index (χ3v) is 2.78. The minimum atomic E-state index is -0.443. The molecule has 2 rings (SSSR count). The number of Topliss-reactive ketones (excluding diaryl/α,β-unsaturated/α-hetero) is 1. The molecule has 84 valence electrons.